The maximum Gasteiger partial charge on any atom is 0.413 e. The quantitative estimate of drug-likeness (QED) is 0.770. The van der Waals surface area contributed by atoms with Gasteiger partial charge in [-0.15, -0.1) is 11.6 Å². The van der Waals surface area contributed by atoms with Gasteiger partial charge in [0.2, 0.25) is 5.91 Å². The summed E-state index contributed by atoms with van der Waals surface area (Å²) >= 11 is 5.27. The molecule has 94 valence electrons. The SMILES string of the molecule is CN(C(=O)CCl)C(c1ccccc1)C(F)(F)F. The minimum Gasteiger partial charge on any atom is -0.329 e. The molecule has 0 radical (unpaired) electrons. The van der Waals surface area contributed by atoms with Crippen LogP contribution in [0, 0.1) is 0 Å². The predicted octanol–water partition coefficient (Wildman–Crippen LogP) is 2.99. The minimum atomic E-state index is -4.53. The molecule has 17 heavy (non-hydrogen) atoms. The molecule has 0 saturated carbocycles. The molecule has 2 nitrogen and oxygen atoms in total. The van der Waals surface area contributed by atoms with Gasteiger partial charge in [-0.05, 0) is 5.56 Å². The highest BCUT2D eigenvalue weighted by molar-refractivity contribution is 6.27. The molecular weight excluding hydrogens is 255 g/mol. The third-order valence-corrected chi connectivity index (χ3v) is 2.55. The van der Waals surface area contributed by atoms with Crippen LogP contribution in [0.3, 0.4) is 0 Å². The first kappa shape index (κ1) is 13.8. The average molecular weight is 266 g/mol. The number of nitrogens with zero attached hydrogens (tertiary/aromatic N) is 1. The number of alkyl halides is 4. The molecule has 0 heterocycles. The van der Waals surface area contributed by atoms with Crippen LogP contribution >= 0.6 is 11.6 Å². The first-order chi connectivity index (χ1) is 7.88. The van der Waals surface area contributed by atoms with Crippen LogP contribution in [0.5, 0.6) is 0 Å². The van der Waals surface area contributed by atoms with E-state index in [1.165, 1.54) is 24.3 Å². The van der Waals surface area contributed by atoms with Gasteiger partial charge in [0.25, 0.3) is 0 Å². The third-order valence-electron chi connectivity index (χ3n) is 2.32. The maximum atomic E-state index is 12.9. The largest absolute Gasteiger partial charge is 0.413 e. The van der Waals surface area contributed by atoms with Crippen LogP contribution in [0.1, 0.15) is 11.6 Å². The van der Waals surface area contributed by atoms with Crippen LogP contribution < -0.4 is 0 Å². The van der Waals surface area contributed by atoms with Gasteiger partial charge in [0.15, 0.2) is 6.04 Å². The lowest BCUT2D eigenvalue weighted by Crippen LogP contribution is -2.40. The highest BCUT2D eigenvalue weighted by Gasteiger charge is 2.44. The van der Waals surface area contributed by atoms with Gasteiger partial charge in [-0.1, -0.05) is 30.3 Å². The summed E-state index contributed by atoms with van der Waals surface area (Å²) in [5.74, 6) is -1.24. The van der Waals surface area contributed by atoms with Crippen molar-refractivity contribution in [2.24, 2.45) is 0 Å². The number of amides is 1. The third kappa shape index (κ3) is 3.36. The zero-order chi connectivity index (χ0) is 13.1. The Bertz CT molecular complexity index is 380. The second-order valence-corrected chi connectivity index (χ2v) is 3.76. The van der Waals surface area contributed by atoms with Gasteiger partial charge in [0.1, 0.15) is 5.88 Å². The number of carbonyl (C=O) groups is 1. The maximum absolute atomic E-state index is 12.9. The summed E-state index contributed by atoms with van der Waals surface area (Å²) in [6.45, 7) is 0. The molecule has 1 rings (SSSR count). The summed E-state index contributed by atoms with van der Waals surface area (Å²) in [5.41, 5.74) is 0.0148. The summed E-state index contributed by atoms with van der Waals surface area (Å²) in [4.78, 5) is 11.9. The fourth-order valence-electron chi connectivity index (χ4n) is 1.51. The molecule has 1 aromatic carbocycles. The van der Waals surface area contributed by atoms with Crippen LogP contribution in [0.4, 0.5) is 13.2 Å². The standard InChI is InChI=1S/C11H11ClF3NO/c1-16(9(17)7-12)10(11(13,14)15)8-5-3-2-4-6-8/h2-6,10H,7H2,1H3. The lowest BCUT2D eigenvalue weighted by atomic mass is 10.1. The molecule has 0 spiro atoms. The molecular formula is C11H11ClF3NO. The van der Waals surface area contributed by atoms with Crippen molar-refractivity contribution in [2.75, 3.05) is 12.9 Å². The van der Waals surface area contributed by atoms with Crippen molar-refractivity contribution in [3.8, 4) is 0 Å². The minimum absolute atomic E-state index is 0.0148. The van der Waals surface area contributed by atoms with Crippen LogP contribution in [-0.2, 0) is 4.79 Å². The smallest absolute Gasteiger partial charge is 0.329 e. The van der Waals surface area contributed by atoms with E-state index in [9.17, 15) is 18.0 Å². The van der Waals surface area contributed by atoms with Crippen LogP contribution in [0.15, 0.2) is 30.3 Å². The number of hydrogen-bond acceptors (Lipinski definition) is 1. The number of rotatable bonds is 3. The van der Waals surface area contributed by atoms with Crippen LogP contribution in [-0.4, -0.2) is 29.9 Å². The van der Waals surface area contributed by atoms with E-state index >= 15 is 0 Å². The molecule has 0 fully saturated rings. The molecule has 1 atom stereocenters. The van der Waals surface area contributed by atoms with E-state index in [2.05, 4.69) is 0 Å². The Labute approximate surface area is 102 Å². The molecule has 0 aliphatic rings. The van der Waals surface area contributed by atoms with Crippen molar-refractivity contribution in [1.82, 2.24) is 4.90 Å². The van der Waals surface area contributed by atoms with Crippen molar-refractivity contribution < 1.29 is 18.0 Å². The monoisotopic (exact) mass is 265 g/mol. The number of halogens is 4. The van der Waals surface area contributed by atoms with E-state index < -0.39 is 24.0 Å². The van der Waals surface area contributed by atoms with Crippen molar-refractivity contribution in [3.05, 3.63) is 35.9 Å². The summed E-state index contributed by atoms with van der Waals surface area (Å²) < 4.78 is 38.7. The average Bonchev–Trinajstić information content (AvgIpc) is 2.27. The summed E-state index contributed by atoms with van der Waals surface area (Å²) in [7, 11) is 1.09. The van der Waals surface area contributed by atoms with Gasteiger partial charge < -0.3 is 4.90 Å². The van der Waals surface area contributed by atoms with Gasteiger partial charge in [0.05, 0.1) is 0 Å². The molecule has 1 aromatic rings. The molecule has 0 aliphatic carbocycles. The molecule has 0 aliphatic heterocycles. The number of carbonyl (C=O) groups excluding carboxylic acids is 1. The first-order valence-electron chi connectivity index (χ1n) is 4.81. The van der Waals surface area contributed by atoms with E-state index in [1.807, 2.05) is 0 Å². The Morgan fingerprint density at radius 1 is 1.35 bits per heavy atom. The fourth-order valence-corrected chi connectivity index (χ4v) is 1.69. The molecule has 0 bridgehead atoms. The van der Waals surface area contributed by atoms with Crippen LogP contribution in [0.2, 0.25) is 0 Å². The lowest BCUT2D eigenvalue weighted by Gasteiger charge is -2.29. The van der Waals surface area contributed by atoms with Gasteiger partial charge in [-0.3, -0.25) is 4.79 Å². The van der Waals surface area contributed by atoms with Crippen molar-refractivity contribution in [1.29, 1.82) is 0 Å². The lowest BCUT2D eigenvalue weighted by molar-refractivity contribution is -0.187. The van der Waals surface area contributed by atoms with Gasteiger partial charge in [0, 0.05) is 7.05 Å². The van der Waals surface area contributed by atoms with E-state index in [4.69, 9.17) is 11.6 Å². The molecule has 0 saturated heterocycles. The first-order valence-corrected chi connectivity index (χ1v) is 5.34. The van der Waals surface area contributed by atoms with E-state index in [0.29, 0.717) is 4.90 Å². The van der Waals surface area contributed by atoms with E-state index in [0.717, 1.165) is 7.05 Å². The topological polar surface area (TPSA) is 20.3 Å². The fraction of sp³-hybridized carbons (Fsp3) is 0.364. The van der Waals surface area contributed by atoms with Crippen LogP contribution in [0.25, 0.3) is 0 Å². The molecule has 1 amide bonds. The highest BCUT2D eigenvalue weighted by Crippen LogP contribution is 2.36. The van der Waals surface area contributed by atoms with Gasteiger partial charge >= 0.3 is 6.18 Å². The molecule has 0 N–H and O–H groups in total. The Morgan fingerprint density at radius 3 is 2.29 bits per heavy atom. The van der Waals surface area contributed by atoms with Gasteiger partial charge in [-0.2, -0.15) is 13.2 Å². The van der Waals surface area contributed by atoms with Gasteiger partial charge in [-0.25, -0.2) is 0 Å². The van der Waals surface area contributed by atoms with Crippen molar-refractivity contribution >= 4 is 17.5 Å². The summed E-state index contributed by atoms with van der Waals surface area (Å²) in [6, 6.07) is 5.29. The zero-order valence-corrected chi connectivity index (χ0v) is 9.79. The molecule has 1 unspecified atom stereocenters. The van der Waals surface area contributed by atoms with Crippen molar-refractivity contribution in [2.45, 2.75) is 12.2 Å². The Kier molecular flexibility index (Phi) is 4.40. The molecule has 6 heteroatoms. The normalized spacial score (nSPS) is 13.2. The highest BCUT2D eigenvalue weighted by atomic mass is 35.5. The van der Waals surface area contributed by atoms with Crippen molar-refractivity contribution in [3.63, 3.8) is 0 Å². The number of hydrogen-bond donors (Lipinski definition) is 0. The van der Waals surface area contributed by atoms with E-state index in [-0.39, 0.29) is 5.56 Å². The zero-order valence-electron chi connectivity index (χ0n) is 9.04. The number of benzene rings is 1. The molecule has 0 aromatic heterocycles. The Morgan fingerprint density at radius 2 is 1.88 bits per heavy atom. The second-order valence-electron chi connectivity index (χ2n) is 3.49. The predicted molar refractivity (Wildman–Crippen MR) is 58.7 cm³/mol. The second kappa shape index (κ2) is 5.40. The van der Waals surface area contributed by atoms with E-state index in [1.54, 1.807) is 6.07 Å². The summed E-state index contributed by atoms with van der Waals surface area (Å²) in [5, 5.41) is 0. The summed E-state index contributed by atoms with van der Waals surface area (Å²) in [6.07, 6.45) is -4.53. The Balaban J connectivity index is 3.10. The Hall–Kier alpha value is -1.23.